The molecule has 27 heavy (non-hydrogen) atoms. The molecular weight excluding hydrogens is 340 g/mol. The zero-order valence-corrected chi connectivity index (χ0v) is 18.8. The molecule has 2 unspecified atom stereocenters. The van der Waals surface area contributed by atoms with Gasteiger partial charge in [0.15, 0.2) is 0 Å². The van der Waals surface area contributed by atoms with E-state index in [0.29, 0.717) is 31.2 Å². The van der Waals surface area contributed by atoms with E-state index >= 15 is 0 Å². The first-order valence-corrected chi connectivity index (χ1v) is 10.7. The molecule has 0 fully saturated rings. The Morgan fingerprint density at radius 3 is 1.96 bits per heavy atom. The highest BCUT2D eigenvalue weighted by atomic mass is 16.3. The topological polar surface area (TPSA) is 78.4 Å². The largest absolute Gasteiger partial charge is 0.393 e. The van der Waals surface area contributed by atoms with Crippen molar-refractivity contribution in [3.05, 3.63) is 0 Å². The Morgan fingerprint density at radius 1 is 0.889 bits per heavy atom. The first-order chi connectivity index (χ1) is 12.4. The quantitative estimate of drug-likeness (QED) is 0.452. The van der Waals surface area contributed by atoms with Gasteiger partial charge in [-0.3, -0.25) is 9.59 Å². The highest BCUT2D eigenvalue weighted by molar-refractivity contribution is 5.81. The number of carbonyl (C=O) groups is 2. The molecule has 0 heterocycles. The monoisotopic (exact) mass is 384 g/mol. The van der Waals surface area contributed by atoms with Crippen LogP contribution in [0.2, 0.25) is 0 Å². The third kappa shape index (κ3) is 12.1. The molecule has 3 N–H and O–H groups in total. The zero-order valence-electron chi connectivity index (χ0n) is 18.8. The van der Waals surface area contributed by atoms with Crippen LogP contribution in [-0.4, -0.2) is 35.6 Å². The average Bonchev–Trinajstić information content (AvgIpc) is 2.52. The van der Waals surface area contributed by atoms with Crippen LogP contribution in [-0.2, 0) is 9.59 Å². The van der Waals surface area contributed by atoms with Crippen molar-refractivity contribution in [3.63, 3.8) is 0 Å². The van der Waals surface area contributed by atoms with Gasteiger partial charge in [-0.05, 0) is 42.9 Å². The third-order valence-corrected chi connectivity index (χ3v) is 5.12. The second kappa shape index (κ2) is 13.1. The lowest BCUT2D eigenvalue weighted by molar-refractivity contribution is -0.127. The Hall–Kier alpha value is -1.10. The van der Waals surface area contributed by atoms with E-state index in [-0.39, 0.29) is 35.6 Å². The van der Waals surface area contributed by atoms with Gasteiger partial charge in [-0.1, -0.05) is 55.4 Å². The predicted octanol–water partition coefficient (Wildman–Crippen LogP) is 3.75. The van der Waals surface area contributed by atoms with Crippen LogP contribution in [0.15, 0.2) is 0 Å². The summed E-state index contributed by atoms with van der Waals surface area (Å²) in [5, 5.41) is 16.3. The maximum atomic E-state index is 12.6. The molecular formula is C22H44N2O3. The van der Waals surface area contributed by atoms with E-state index in [0.717, 1.165) is 12.8 Å². The number of aliphatic hydroxyl groups excluding tert-OH is 1. The molecule has 4 atom stereocenters. The molecule has 0 aliphatic carbocycles. The van der Waals surface area contributed by atoms with Gasteiger partial charge in [-0.15, -0.1) is 0 Å². The van der Waals surface area contributed by atoms with Gasteiger partial charge in [0.25, 0.3) is 0 Å². The molecule has 0 rings (SSSR count). The molecule has 0 bridgehead atoms. The Bertz CT molecular complexity index is 435. The van der Waals surface area contributed by atoms with Crippen LogP contribution in [0.1, 0.15) is 81.1 Å². The highest BCUT2D eigenvalue weighted by Gasteiger charge is 2.25. The minimum absolute atomic E-state index is 0.0205. The van der Waals surface area contributed by atoms with Crippen molar-refractivity contribution in [1.29, 1.82) is 0 Å². The van der Waals surface area contributed by atoms with E-state index in [4.69, 9.17) is 0 Å². The maximum Gasteiger partial charge on any atom is 0.223 e. The molecule has 0 spiro atoms. The summed E-state index contributed by atoms with van der Waals surface area (Å²) >= 11 is 0. The van der Waals surface area contributed by atoms with E-state index in [1.165, 1.54) is 0 Å². The number of carbonyl (C=O) groups excluding carboxylic acids is 2. The molecule has 0 saturated heterocycles. The number of aliphatic hydroxyl groups is 1. The van der Waals surface area contributed by atoms with E-state index in [1.807, 2.05) is 27.7 Å². The summed E-state index contributed by atoms with van der Waals surface area (Å²) in [6, 6.07) is -0.191. The van der Waals surface area contributed by atoms with Crippen molar-refractivity contribution in [2.24, 2.45) is 29.6 Å². The summed E-state index contributed by atoms with van der Waals surface area (Å²) in [6.07, 6.45) is 2.16. The van der Waals surface area contributed by atoms with Crippen LogP contribution in [0.4, 0.5) is 0 Å². The highest BCUT2D eigenvalue weighted by Crippen LogP contribution is 2.20. The van der Waals surface area contributed by atoms with Gasteiger partial charge in [-0.25, -0.2) is 0 Å². The van der Waals surface area contributed by atoms with Crippen LogP contribution in [0.25, 0.3) is 0 Å². The number of hydrogen-bond acceptors (Lipinski definition) is 3. The molecule has 0 radical (unpaired) electrons. The lowest BCUT2D eigenvalue weighted by Gasteiger charge is -2.26. The minimum atomic E-state index is -0.481. The van der Waals surface area contributed by atoms with E-state index < -0.39 is 6.10 Å². The molecule has 5 heteroatoms. The van der Waals surface area contributed by atoms with Crippen LogP contribution in [0, 0.1) is 29.6 Å². The average molecular weight is 385 g/mol. The van der Waals surface area contributed by atoms with Gasteiger partial charge in [0, 0.05) is 24.9 Å². The first kappa shape index (κ1) is 25.9. The summed E-state index contributed by atoms with van der Waals surface area (Å²) in [7, 11) is 0. The van der Waals surface area contributed by atoms with Gasteiger partial charge in [0.2, 0.25) is 11.8 Å². The van der Waals surface area contributed by atoms with E-state index in [2.05, 4.69) is 38.3 Å². The third-order valence-electron chi connectivity index (χ3n) is 5.12. The molecule has 0 aromatic rings. The molecule has 0 aliphatic rings. The first-order valence-electron chi connectivity index (χ1n) is 10.7. The standard InChI is InChI=1S/C22H44N2O3/c1-14(2)9-10-23-21(26)13-19(16(5)6)24-22(27)18(8)12-20(25)17(7)11-15(3)4/h14-20,25H,9-13H2,1-8H3,(H,23,26)(H,24,27)/t17-,18?,19+,20?/m0/s1. The van der Waals surface area contributed by atoms with Gasteiger partial charge in [-0.2, -0.15) is 0 Å². The molecule has 0 aromatic heterocycles. The Labute approximate surface area is 167 Å². The fourth-order valence-electron chi connectivity index (χ4n) is 3.15. The van der Waals surface area contributed by atoms with Crippen molar-refractivity contribution < 1.29 is 14.7 Å². The predicted molar refractivity (Wildman–Crippen MR) is 112 cm³/mol. The Kier molecular flexibility index (Phi) is 12.6. The molecule has 160 valence electrons. The maximum absolute atomic E-state index is 12.6. The summed E-state index contributed by atoms with van der Waals surface area (Å²) < 4.78 is 0. The Morgan fingerprint density at radius 2 is 1.48 bits per heavy atom. The second-order valence-electron chi connectivity index (χ2n) is 9.41. The van der Waals surface area contributed by atoms with Crippen molar-refractivity contribution in [1.82, 2.24) is 10.6 Å². The van der Waals surface area contributed by atoms with Gasteiger partial charge < -0.3 is 15.7 Å². The van der Waals surface area contributed by atoms with Crippen molar-refractivity contribution in [2.45, 2.75) is 93.2 Å². The number of nitrogens with one attached hydrogen (secondary N) is 2. The van der Waals surface area contributed by atoms with E-state index in [9.17, 15) is 14.7 Å². The summed E-state index contributed by atoms with van der Waals surface area (Å²) in [4.78, 5) is 24.7. The fourth-order valence-corrected chi connectivity index (χ4v) is 3.15. The second-order valence-corrected chi connectivity index (χ2v) is 9.41. The fraction of sp³-hybridized carbons (Fsp3) is 0.909. The van der Waals surface area contributed by atoms with Gasteiger partial charge >= 0.3 is 0 Å². The van der Waals surface area contributed by atoms with Crippen LogP contribution in [0.5, 0.6) is 0 Å². The lowest BCUT2D eigenvalue weighted by atomic mass is 9.88. The summed E-state index contributed by atoms with van der Waals surface area (Å²) in [6.45, 7) is 17.1. The van der Waals surface area contributed by atoms with Gasteiger partial charge in [0.1, 0.15) is 0 Å². The van der Waals surface area contributed by atoms with Crippen LogP contribution < -0.4 is 10.6 Å². The Balaban J connectivity index is 4.54. The lowest BCUT2D eigenvalue weighted by Crippen LogP contribution is -2.45. The summed E-state index contributed by atoms with van der Waals surface area (Å²) in [5.41, 5.74) is 0. The molecule has 5 nitrogen and oxygen atoms in total. The number of rotatable bonds is 13. The molecule has 2 amide bonds. The molecule has 0 aliphatic heterocycles. The number of amides is 2. The zero-order chi connectivity index (χ0) is 21.1. The van der Waals surface area contributed by atoms with Crippen molar-refractivity contribution in [2.75, 3.05) is 6.54 Å². The molecule has 0 aromatic carbocycles. The van der Waals surface area contributed by atoms with Crippen molar-refractivity contribution >= 4 is 11.8 Å². The molecule has 0 saturated carbocycles. The van der Waals surface area contributed by atoms with E-state index in [1.54, 1.807) is 0 Å². The van der Waals surface area contributed by atoms with Crippen LogP contribution >= 0.6 is 0 Å². The smallest absolute Gasteiger partial charge is 0.223 e. The normalized spacial score (nSPS) is 16.3. The number of hydrogen-bond donors (Lipinski definition) is 3. The van der Waals surface area contributed by atoms with Crippen LogP contribution in [0.3, 0.4) is 0 Å². The summed E-state index contributed by atoms with van der Waals surface area (Å²) in [5.74, 6) is 1.04. The SMILES string of the molecule is CC(C)CCNC(=O)C[C@@H](NC(=O)C(C)CC(O)[C@@H](C)CC(C)C)C(C)C. The minimum Gasteiger partial charge on any atom is -0.393 e. The van der Waals surface area contributed by atoms with Crippen molar-refractivity contribution in [3.8, 4) is 0 Å². The van der Waals surface area contributed by atoms with Gasteiger partial charge in [0.05, 0.1) is 6.10 Å².